The van der Waals surface area contributed by atoms with E-state index in [1.54, 1.807) is 19.1 Å². The molecule has 1 fully saturated rings. The van der Waals surface area contributed by atoms with Crippen LogP contribution in [0.1, 0.15) is 20.3 Å². The molecule has 102 valence electrons. The van der Waals surface area contributed by atoms with E-state index < -0.39 is 11.8 Å². The number of rotatable bonds is 2. The Morgan fingerprint density at radius 3 is 2.79 bits per heavy atom. The molecular weight excluding hydrogens is 243 g/mol. The third kappa shape index (κ3) is 2.08. The molecule has 1 saturated heterocycles. The number of halogens is 1. The minimum atomic E-state index is -1.27. The molecule has 2 rings (SSSR count). The predicted octanol–water partition coefficient (Wildman–Crippen LogP) is 2.32. The lowest BCUT2D eigenvalue weighted by Crippen LogP contribution is -2.42. The highest BCUT2D eigenvalue weighted by Crippen LogP contribution is 2.38. The highest BCUT2D eigenvalue weighted by Gasteiger charge is 2.44. The van der Waals surface area contributed by atoms with Gasteiger partial charge in [-0.1, -0.05) is 13.0 Å². The molecule has 0 aromatic heterocycles. The molecule has 0 radical (unpaired) electrons. The largest absolute Gasteiger partial charge is 0.384 e. The fourth-order valence-electron chi connectivity index (χ4n) is 2.89. The molecule has 3 nitrogen and oxygen atoms in total. The van der Waals surface area contributed by atoms with Crippen LogP contribution in [0.3, 0.4) is 0 Å². The molecule has 2 unspecified atom stereocenters. The number of aliphatic hydroxyl groups is 1. The van der Waals surface area contributed by atoms with Gasteiger partial charge >= 0.3 is 0 Å². The van der Waals surface area contributed by atoms with Crippen molar-refractivity contribution in [2.24, 2.45) is 5.92 Å². The number of hydrogen-bond acceptors (Lipinski definition) is 3. The van der Waals surface area contributed by atoms with Gasteiger partial charge in [0.1, 0.15) is 11.8 Å². The second-order valence-corrected chi connectivity index (χ2v) is 5.33. The maximum atomic E-state index is 14.1. The fourth-order valence-corrected chi connectivity index (χ4v) is 2.89. The van der Waals surface area contributed by atoms with Gasteiger partial charge in [0.05, 0.1) is 17.7 Å². The van der Waals surface area contributed by atoms with Crippen LogP contribution in [0.25, 0.3) is 0 Å². The average Bonchev–Trinajstić information content (AvgIpc) is 2.71. The van der Waals surface area contributed by atoms with E-state index in [0.29, 0.717) is 13.0 Å². The summed E-state index contributed by atoms with van der Waals surface area (Å²) >= 11 is 0. The molecular formula is C15H19FN2O. The molecule has 19 heavy (non-hydrogen) atoms. The number of nitrogens with zero attached hydrogens (tertiary/aromatic N) is 2. The molecule has 1 aliphatic carbocycles. The van der Waals surface area contributed by atoms with E-state index in [1.807, 2.05) is 17.9 Å². The van der Waals surface area contributed by atoms with Gasteiger partial charge in [-0.3, -0.25) is 0 Å². The minimum Gasteiger partial charge on any atom is -0.384 e. The first-order valence-electron chi connectivity index (χ1n) is 6.53. The van der Waals surface area contributed by atoms with Crippen LogP contribution in [-0.4, -0.2) is 34.4 Å². The first kappa shape index (κ1) is 13.8. The van der Waals surface area contributed by atoms with E-state index in [9.17, 15) is 9.50 Å². The normalized spacial score (nSPS) is 38.5. The van der Waals surface area contributed by atoms with Gasteiger partial charge in [0.15, 0.2) is 0 Å². The van der Waals surface area contributed by atoms with Crippen LogP contribution < -0.4 is 0 Å². The van der Waals surface area contributed by atoms with Gasteiger partial charge in [-0.2, -0.15) is 5.26 Å². The Balaban J connectivity index is 2.29. The summed E-state index contributed by atoms with van der Waals surface area (Å²) in [7, 11) is 0. The van der Waals surface area contributed by atoms with Crippen LogP contribution in [0.4, 0.5) is 4.39 Å². The molecule has 1 heterocycles. The summed E-state index contributed by atoms with van der Waals surface area (Å²) in [5, 5.41) is 19.2. The lowest BCUT2D eigenvalue weighted by Gasteiger charge is -2.36. The van der Waals surface area contributed by atoms with E-state index in [1.165, 1.54) is 6.08 Å². The summed E-state index contributed by atoms with van der Waals surface area (Å²) in [5.41, 5.74) is 0.0878. The summed E-state index contributed by atoms with van der Waals surface area (Å²) in [4.78, 5) is 2.02. The first-order valence-corrected chi connectivity index (χ1v) is 6.53. The van der Waals surface area contributed by atoms with Crippen molar-refractivity contribution in [3.05, 3.63) is 36.1 Å². The highest BCUT2D eigenvalue weighted by molar-refractivity contribution is 5.38. The minimum absolute atomic E-state index is 0.136. The lowest BCUT2D eigenvalue weighted by atomic mass is 9.89. The predicted molar refractivity (Wildman–Crippen MR) is 71.8 cm³/mol. The molecule has 4 heteroatoms. The number of likely N-dealkylation sites (tertiary alicyclic amines) is 1. The lowest BCUT2D eigenvalue weighted by molar-refractivity contribution is 0.0597. The molecule has 4 atom stereocenters. The molecule has 2 aliphatic rings. The molecule has 0 amide bonds. The monoisotopic (exact) mass is 262 g/mol. The summed E-state index contributed by atoms with van der Waals surface area (Å²) in [6.07, 6.45) is 4.22. The third-order valence-corrected chi connectivity index (χ3v) is 4.39. The molecule has 0 bridgehead atoms. The van der Waals surface area contributed by atoms with Crippen molar-refractivity contribution < 1.29 is 9.50 Å². The van der Waals surface area contributed by atoms with E-state index in [2.05, 4.69) is 6.58 Å². The zero-order chi connectivity index (χ0) is 14.2. The van der Waals surface area contributed by atoms with Crippen LogP contribution in [-0.2, 0) is 0 Å². The maximum Gasteiger partial charge on any atom is 0.143 e. The van der Waals surface area contributed by atoms with E-state index >= 15 is 0 Å². The smallest absolute Gasteiger partial charge is 0.143 e. The standard InChI is InChI=1S/C15H19FN2O/c1-4-15(19)7-8-18(11(15)3)13-6-5-12(9-17)14(16)10(13)2/h4-6,10-11,14,19H,1,7-8H2,2-3H3/t10?,11-,14?,15-/m0/s1. The Hall–Kier alpha value is -1.60. The summed E-state index contributed by atoms with van der Waals surface area (Å²) in [6.45, 7) is 8.04. The third-order valence-electron chi connectivity index (χ3n) is 4.39. The van der Waals surface area contributed by atoms with Crippen molar-refractivity contribution in [2.75, 3.05) is 6.54 Å². The van der Waals surface area contributed by atoms with Gasteiger partial charge in [-0.25, -0.2) is 4.39 Å². The van der Waals surface area contributed by atoms with E-state index in [4.69, 9.17) is 5.26 Å². The molecule has 0 aromatic rings. The van der Waals surface area contributed by atoms with Crippen molar-refractivity contribution in [1.82, 2.24) is 4.90 Å². The number of nitriles is 1. The number of allylic oxidation sites excluding steroid dienone is 4. The summed E-state index contributed by atoms with van der Waals surface area (Å²) in [6, 6.07) is 1.76. The Bertz CT molecular complexity index is 491. The van der Waals surface area contributed by atoms with Crippen LogP contribution in [0.5, 0.6) is 0 Å². The van der Waals surface area contributed by atoms with E-state index in [-0.39, 0.29) is 17.5 Å². The number of alkyl halides is 1. The summed E-state index contributed by atoms with van der Waals surface area (Å²) in [5.74, 6) is -0.366. The molecule has 1 N–H and O–H groups in total. The van der Waals surface area contributed by atoms with Crippen molar-refractivity contribution >= 4 is 0 Å². The molecule has 0 spiro atoms. The molecule has 1 aliphatic heterocycles. The van der Waals surface area contributed by atoms with Crippen LogP contribution in [0.15, 0.2) is 36.1 Å². The quantitative estimate of drug-likeness (QED) is 0.777. The van der Waals surface area contributed by atoms with Gasteiger partial charge in [-0.15, -0.1) is 6.58 Å². The average molecular weight is 262 g/mol. The summed E-state index contributed by atoms with van der Waals surface area (Å²) < 4.78 is 14.1. The van der Waals surface area contributed by atoms with Crippen LogP contribution in [0.2, 0.25) is 0 Å². The van der Waals surface area contributed by atoms with Gasteiger partial charge in [0, 0.05) is 18.2 Å². The zero-order valence-corrected chi connectivity index (χ0v) is 11.3. The SMILES string of the molecule is C=C[C@]1(O)CCN(C2=CC=C(C#N)C(F)C2C)[C@H]1C. The van der Waals surface area contributed by atoms with Gasteiger partial charge in [0.25, 0.3) is 0 Å². The van der Waals surface area contributed by atoms with Gasteiger partial charge in [-0.05, 0) is 25.5 Å². The maximum absolute atomic E-state index is 14.1. The van der Waals surface area contributed by atoms with Gasteiger partial charge < -0.3 is 10.0 Å². The topological polar surface area (TPSA) is 47.3 Å². The van der Waals surface area contributed by atoms with Gasteiger partial charge in [0.2, 0.25) is 0 Å². The second-order valence-electron chi connectivity index (χ2n) is 5.33. The van der Waals surface area contributed by atoms with Crippen LogP contribution >= 0.6 is 0 Å². The highest BCUT2D eigenvalue weighted by atomic mass is 19.1. The first-order chi connectivity index (χ1) is 8.94. The molecule has 0 aromatic carbocycles. The fraction of sp³-hybridized carbons (Fsp3) is 0.533. The van der Waals surface area contributed by atoms with Crippen molar-refractivity contribution in [3.63, 3.8) is 0 Å². The van der Waals surface area contributed by atoms with E-state index in [0.717, 1.165) is 5.70 Å². The second kappa shape index (κ2) is 4.82. The van der Waals surface area contributed by atoms with Crippen LogP contribution in [0, 0.1) is 17.2 Å². The van der Waals surface area contributed by atoms with Crippen molar-refractivity contribution in [2.45, 2.75) is 38.1 Å². The number of hydrogen-bond donors (Lipinski definition) is 1. The Morgan fingerprint density at radius 2 is 2.26 bits per heavy atom. The Labute approximate surface area is 113 Å². The Morgan fingerprint density at radius 1 is 1.58 bits per heavy atom. The van der Waals surface area contributed by atoms with Crippen molar-refractivity contribution in [1.29, 1.82) is 5.26 Å². The van der Waals surface area contributed by atoms with Crippen molar-refractivity contribution in [3.8, 4) is 6.07 Å². The molecule has 0 saturated carbocycles. The Kier molecular flexibility index (Phi) is 3.51. The zero-order valence-electron chi connectivity index (χ0n) is 11.3.